The highest BCUT2D eigenvalue weighted by molar-refractivity contribution is 5.66. The minimum Gasteiger partial charge on any atom is -0.481 e. The van der Waals surface area contributed by atoms with E-state index in [-0.39, 0.29) is 18.0 Å². The lowest BCUT2D eigenvalue weighted by molar-refractivity contribution is -0.137. The third-order valence-corrected chi connectivity index (χ3v) is 2.72. The molecule has 3 N–H and O–H groups in total. The number of aliphatic carboxylic acids is 1. The molecule has 0 spiro atoms. The number of hydrogen-bond acceptors (Lipinski definition) is 4. The Labute approximate surface area is 105 Å². The molecular formula is C12H19N3O3. The van der Waals surface area contributed by atoms with Crippen molar-refractivity contribution < 1.29 is 9.90 Å². The lowest BCUT2D eigenvalue weighted by atomic mass is 10.1. The highest BCUT2D eigenvalue weighted by Gasteiger charge is 2.13. The molecule has 6 nitrogen and oxygen atoms in total. The van der Waals surface area contributed by atoms with Crippen LogP contribution in [0.25, 0.3) is 0 Å². The number of carboxylic acids is 1. The number of carbonyl (C=O) groups is 1. The van der Waals surface area contributed by atoms with Crippen molar-refractivity contribution in [3.8, 4) is 0 Å². The first-order valence-corrected chi connectivity index (χ1v) is 5.94. The molecule has 0 saturated heterocycles. The number of H-pyrrole nitrogens is 1. The monoisotopic (exact) mass is 253 g/mol. The minimum absolute atomic E-state index is 0.126. The molecule has 0 saturated carbocycles. The Kier molecular flexibility index (Phi) is 5.03. The van der Waals surface area contributed by atoms with Crippen LogP contribution in [0.2, 0.25) is 0 Å². The summed E-state index contributed by atoms with van der Waals surface area (Å²) in [4.78, 5) is 29.1. The molecule has 0 aliphatic rings. The number of nitrogens with zero attached hydrogens (tertiary/aromatic N) is 1. The molecular weight excluding hydrogens is 234 g/mol. The molecule has 1 unspecified atom stereocenters. The zero-order chi connectivity index (χ0) is 13.7. The molecule has 0 radical (unpaired) electrons. The second kappa shape index (κ2) is 6.30. The van der Waals surface area contributed by atoms with Gasteiger partial charge in [0.15, 0.2) is 0 Å². The van der Waals surface area contributed by atoms with Crippen molar-refractivity contribution in [1.29, 1.82) is 0 Å². The lowest BCUT2D eigenvalue weighted by Gasteiger charge is -2.15. The van der Waals surface area contributed by atoms with Gasteiger partial charge < -0.3 is 15.4 Å². The van der Waals surface area contributed by atoms with Crippen LogP contribution >= 0.6 is 0 Å². The fourth-order valence-corrected chi connectivity index (χ4v) is 1.91. The lowest BCUT2D eigenvalue weighted by Crippen LogP contribution is -2.28. The molecule has 1 rings (SSSR count). The van der Waals surface area contributed by atoms with E-state index in [0.717, 1.165) is 0 Å². The quantitative estimate of drug-likeness (QED) is 0.655. The number of aromatic nitrogens is 2. The van der Waals surface area contributed by atoms with Crippen molar-refractivity contribution in [1.82, 2.24) is 15.3 Å². The third-order valence-electron chi connectivity index (χ3n) is 2.72. The Morgan fingerprint density at radius 1 is 1.50 bits per heavy atom. The van der Waals surface area contributed by atoms with E-state index in [9.17, 15) is 9.59 Å². The predicted molar refractivity (Wildman–Crippen MR) is 67.6 cm³/mol. The van der Waals surface area contributed by atoms with Crippen LogP contribution in [-0.4, -0.2) is 27.6 Å². The summed E-state index contributed by atoms with van der Waals surface area (Å²) in [7, 11) is 0. The number of hydrogen-bond donors (Lipinski definition) is 3. The van der Waals surface area contributed by atoms with Crippen LogP contribution in [-0.2, 0) is 4.79 Å². The largest absolute Gasteiger partial charge is 0.481 e. The summed E-state index contributed by atoms with van der Waals surface area (Å²) >= 11 is 0. The summed E-state index contributed by atoms with van der Waals surface area (Å²) in [6, 6.07) is -0.143. The summed E-state index contributed by atoms with van der Waals surface area (Å²) in [5.74, 6) is -0.213. The SMILES string of the molecule is Cc1nc(C)c(C(C)NCCCC(=O)O)c(=O)[nH]1. The standard InChI is InChI=1S/C12H19N3O3/c1-7(13-6-4-5-10(16)17)11-8(2)14-9(3)15-12(11)18/h7,13H,4-6H2,1-3H3,(H,16,17)(H,14,15,18). The predicted octanol–water partition coefficient (Wildman–Crippen LogP) is 0.902. The molecule has 0 fully saturated rings. The number of carboxylic acid groups (broad SMARTS) is 1. The Bertz CT molecular complexity index is 482. The van der Waals surface area contributed by atoms with E-state index in [4.69, 9.17) is 5.11 Å². The Morgan fingerprint density at radius 3 is 2.72 bits per heavy atom. The van der Waals surface area contributed by atoms with Crippen LogP contribution in [0.15, 0.2) is 4.79 Å². The first kappa shape index (κ1) is 14.4. The average Bonchev–Trinajstić information content (AvgIpc) is 2.22. The number of aryl methyl sites for hydroxylation is 2. The molecule has 100 valence electrons. The van der Waals surface area contributed by atoms with Crippen LogP contribution in [0.1, 0.15) is 42.9 Å². The molecule has 1 aromatic heterocycles. The van der Waals surface area contributed by atoms with Gasteiger partial charge in [0.25, 0.3) is 5.56 Å². The van der Waals surface area contributed by atoms with E-state index in [0.29, 0.717) is 30.0 Å². The van der Waals surface area contributed by atoms with Crippen LogP contribution in [0, 0.1) is 13.8 Å². The Morgan fingerprint density at radius 2 is 2.17 bits per heavy atom. The van der Waals surface area contributed by atoms with Crippen LogP contribution in [0.3, 0.4) is 0 Å². The van der Waals surface area contributed by atoms with Crippen molar-refractivity contribution in [3.05, 3.63) is 27.4 Å². The number of rotatable bonds is 6. The van der Waals surface area contributed by atoms with E-state index in [1.807, 2.05) is 6.92 Å². The fraction of sp³-hybridized carbons (Fsp3) is 0.583. The molecule has 1 atom stereocenters. The van der Waals surface area contributed by atoms with Crippen molar-refractivity contribution in [2.45, 2.75) is 39.7 Å². The van der Waals surface area contributed by atoms with E-state index in [2.05, 4.69) is 15.3 Å². The van der Waals surface area contributed by atoms with Crippen LogP contribution in [0.5, 0.6) is 0 Å². The van der Waals surface area contributed by atoms with E-state index >= 15 is 0 Å². The van der Waals surface area contributed by atoms with Gasteiger partial charge in [-0.05, 0) is 33.7 Å². The minimum atomic E-state index is -0.810. The highest BCUT2D eigenvalue weighted by atomic mass is 16.4. The smallest absolute Gasteiger partial charge is 0.303 e. The number of nitrogens with one attached hydrogen (secondary N) is 2. The maximum absolute atomic E-state index is 11.8. The third kappa shape index (κ3) is 3.96. The maximum atomic E-state index is 11.8. The molecule has 0 amide bonds. The van der Waals surface area contributed by atoms with Gasteiger partial charge >= 0.3 is 5.97 Å². The van der Waals surface area contributed by atoms with Crippen LogP contribution < -0.4 is 10.9 Å². The average molecular weight is 253 g/mol. The zero-order valence-electron chi connectivity index (χ0n) is 10.9. The maximum Gasteiger partial charge on any atom is 0.303 e. The van der Waals surface area contributed by atoms with Gasteiger partial charge in [0, 0.05) is 18.2 Å². The van der Waals surface area contributed by atoms with Gasteiger partial charge in [0.1, 0.15) is 5.82 Å². The van der Waals surface area contributed by atoms with Crippen molar-refractivity contribution in [2.75, 3.05) is 6.54 Å². The normalized spacial score (nSPS) is 12.4. The van der Waals surface area contributed by atoms with E-state index < -0.39 is 5.97 Å². The Balaban J connectivity index is 2.64. The summed E-state index contributed by atoms with van der Waals surface area (Å²) in [6.07, 6.45) is 0.664. The van der Waals surface area contributed by atoms with Gasteiger partial charge in [-0.1, -0.05) is 0 Å². The first-order chi connectivity index (χ1) is 8.41. The summed E-state index contributed by atoms with van der Waals surface area (Å²) in [6.45, 7) is 5.96. The molecule has 6 heteroatoms. The zero-order valence-corrected chi connectivity index (χ0v) is 10.9. The first-order valence-electron chi connectivity index (χ1n) is 5.94. The Hall–Kier alpha value is -1.69. The summed E-state index contributed by atoms with van der Waals surface area (Å²) < 4.78 is 0. The van der Waals surface area contributed by atoms with Gasteiger partial charge in [-0.3, -0.25) is 9.59 Å². The van der Waals surface area contributed by atoms with Crippen LogP contribution in [0.4, 0.5) is 0 Å². The van der Waals surface area contributed by atoms with Gasteiger partial charge in [0.2, 0.25) is 0 Å². The summed E-state index contributed by atoms with van der Waals surface area (Å²) in [5, 5.41) is 11.7. The van der Waals surface area contributed by atoms with Crippen molar-refractivity contribution in [3.63, 3.8) is 0 Å². The van der Waals surface area contributed by atoms with Crippen molar-refractivity contribution in [2.24, 2.45) is 0 Å². The topological polar surface area (TPSA) is 95.1 Å². The van der Waals surface area contributed by atoms with E-state index in [1.54, 1.807) is 13.8 Å². The molecule has 0 bridgehead atoms. The fourth-order valence-electron chi connectivity index (χ4n) is 1.91. The van der Waals surface area contributed by atoms with Crippen molar-refractivity contribution >= 4 is 5.97 Å². The summed E-state index contributed by atoms with van der Waals surface area (Å²) in [5.41, 5.74) is 1.17. The molecule has 1 aromatic rings. The second-order valence-corrected chi connectivity index (χ2v) is 4.32. The van der Waals surface area contributed by atoms with Gasteiger partial charge in [-0.15, -0.1) is 0 Å². The highest BCUT2D eigenvalue weighted by Crippen LogP contribution is 2.10. The van der Waals surface area contributed by atoms with Gasteiger partial charge in [-0.25, -0.2) is 4.98 Å². The molecule has 18 heavy (non-hydrogen) atoms. The number of aromatic amines is 1. The van der Waals surface area contributed by atoms with E-state index in [1.165, 1.54) is 0 Å². The molecule has 0 aromatic carbocycles. The molecule has 1 heterocycles. The van der Waals surface area contributed by atoms with Gasteiger partial charge in [0.05, 0.1) is 5.56 Å². The molecule has 0 aliphatic carbocycles. The van der Waals surface area contributed by atoms with Gasteiger partial charge in [-0.2, -0.15) is 0 Å². The second-order valence-electron chi connectivity index (χ2n) is 4.32. The molecule has 0 aliphatic heterocycles.